The van der Waals surface area contributed by atoms with E-state index in [1.807, 2.05) is 0 Å². The van der Waals surface area contributed by atoms with Gasteiger partial charge in [-0.05, 0) is 47.4 Å². The first-order valence-electron chi connectivity index (χ1n) is 10.8. The molecule has 0 fully saturated rings. The van der Waals surface area contributed by atoms with Crippen LogP contribution in [0.3, 0.4) is 0 Å². The third-order valence-electron chi connectivity index (χ3n) is 6.30. The Balaban J connectivity index is 1.76. The van der Waals surface area contributed by atoms with Crippen LogP contribution >= 0.6 is 0 Å². The van der Waals surface area contributed by atoms with Gasteiger partial charge in [-0.3, -0.25) is 4.90 Å². The molecule has 0 amide bonds. The van der Waals surface area contributed by atoms with E-state index in [-0.39, 0.29) is 5.41 Å². The standard InChI is InChI=1S/C28H29N3/c1-28(2,3)22-14-16-23(17-15-22)31(26-18-20-10-6-8-12-24(20)29(26)4)27-19-21-11-7-9-13-25(21)30(27)5/h6-19H,1-5H3. The van der Waals surface area contributed by atoms with E-state index in [9.17, 15) is 0 Å². The Hall–Kier alpha value is -3.46. The predicted octanol–water partition coefficient (Wildman–Crippen LogP) is 7.44. The van der Waals surface area contributed by atoms with Crippen LogP contribution in [0.2, 0.25) is 0 Å². The molecular weight excluding hydrogens is 378 g/mol. The van der Waals surface area contributed by atoms with Crippen LogP contribution in [-0.2, 0) is 19.5 Å². The third kappa shape index (κ3) is 3.21. The van der Waals surface area contributed by atoms with Crippen molar-refractivity contribution in [1.82, 2.24) is 9.13 Å². The monoisotopic (exact) mass is 407 g/mol. The number of benzene rings is 3. The second-order valence-corrected chi connectivity index (χ2v) is 9.37. The summed E-state index contributed by atoms with van der Waals surface area (Å²) in [5.41, 5.74) is 5.08. The lowest BCUT2D eigenvalue weighted by atomic mass is 9.87. The molecule has 0 aliphatic heterocycles. The molecule has 0 unspecified atom stereocenters. The highest BCUT2D eigenvalue weighted by molar-refractivity contribution is 5.92. The quantitative estimate of drug-likeness (QED) is 0.303. The second-order valence-electron chi connectivity index (χ2n) is 9.37. The molecule has 0 bridgehead atoms. The van der Waals surface area contributed by atoms with E-state index in [1.165, 1.54) is 27.4 Å². The maximum Gasteiger partial charge on any atom is 0.119 e. The maximum atomic E-state index is 2.37. The molecule has 5 rings (SSSR count). The number of rotatable bonds is 3. The molecule has 2 aromatic heterocycles. The molecule has 0 atom stereocenters. The van der Waals surface area contributed by atoms with Crippen molar-refractivity contribution in [1.29, 1.82) is 0 Å². The molecule has 3 aromatic carbocycles. The van der Waals surface area contributed by atoms with Crippen LogP contribution < -0.4 is 4.90 Å². The fourth-order valence-corrected chi connectivity index (χ4v) is 4.47. The minimum Gasteiger partial charge on any atom is -0.330 e. The zero-order chi connectivity index (χ0) is 21.8. The van der Waals surface area contributed by atoms with Crippen molar-refractivity contribution in [3.8, 4) is 0 Å². The largest absolute Gasteiger partial charge is 0.330 e. The number of hydrogen-bond acceptors (Lipinski definition) is 1. The highest BCUT2D eigenvalue weighted by atomic mass is 15.3. The predicted molar refractivity (Wildman–Crippen MR) is 133 cm³/mol. The Kier molecular flexibility index (Phi) is 4.44. The molecule has 3 heteroatoms. The lowest BCUT2D eigenvalue weighted by Crippen LogP contribution is -2.17. The molecule has 0 aliphatic carbocycles. The van der Waals surface area contributed by atoms with Crippen LogP contribution in [-0.4, -0.2) is 9.13 Å². The first kappa shape index (κ1) is 19.5. The average molecular weight is 408 g/mol. The molecule has 0 N–H and O–H groups in total. The van der Waals surface area contributed by atoms with Gasteiger partial charge in [-0.15, -0.1) is 0 Å². The van der Waals surface area contributed by atoms with Crippen molar-refractivity contribution < 1.29 is 0 Å². The van der Waals surface area contributed by atoms with Crippen molar-refractivity contribution in [3.05, 3.63) is 90.5 Å². The molecule has 5 aromatic rings. The average Bonchev–Trinajstić information content (AvgIpc) is 3.26. The normalized spacial score (nSPS) is 12.0. The molecule has 0 saturated carbocycles. The Morgan fingerprint density at radius 1 is 0.613 bits per heavy atom. The Labute approximate surface area is 184 Å². The van der Waals surface area contributed by atoms with E-state index >= 15 is 0 Å². The Bertz CT molecular complexity index is 1300. The van der Waals surface area contributed by atoms with Gasteiger partial charge in [0.15, 0.2) is 0 Å². The first-order chi connectivity index (χ1) is 14.8. The molecule has 3 nitrogen and oxygen atoms in total. The van der Waals surface area contributed by atoms with Crippen LogP contribution in [0.4, 0.5) is 17.3 Å². The fourth-order valence-electron chi connectivity index (χ4n) is 4.47. The van der Waals surface area contributed by atoms with Gasteiger partial charge in [0, 0.05) is 41.6 Å². The SMILES string of the molecule is Cn1c(N(c2ccc(C(C)(C)C)cc2)c2cc3ccccc3n2C)cc2ccccc21. The van der Waals surface area contributed by atoms with E-state index < -0.39 is 0 Å². The Morgan fingerprint density at radius 3 is 1.48 bits per heavy atom. The summed E-state index contributed by atoms with van der Waals surface area (Å²) in [5, 5.41) is 2.49. The second kappa shape index (κ2) is 7.05. The fraction of sp³-hybridized carbons (Fsp3) is 0.214. The smallest absolute Gasteiger partial charge is 0.119 e. The van der Waals surface area contributed by atoms with Crippen LogP contribution in [0.5, 0.6) is 0 Å². The third-order valence-corrected chi connectivity index (χ3v) is 6.30. The van der Waals surface area contributed by atoms with Gasteiger partial charge in [0.25, 0.3) is 0 Å². The zero-order valence-corrected chi connectivity index (χ0v) is 18.9. The van der Waals surface area contributed by atoms with Gasteiger partial charge in [0.05, 0.1) is 0 Å². The summed E-state index contributed by atoms with van der Waals surface area (Å²) in [6.07, 6.45) is 0. The number of hydrogen-bond donors (Lipinski definition) is 0. The van der Waals surface area contributed by atoms with Gasteiger partial charge in [0.1, 0.15) is 11.6 Å². The first-order valence-corrected chi connectivity index (χ1v) is 10.8. The molecule has 0 aliphatic rings. The zero-order valence-electron chi connectivity index (χ0n) is 18.9. The van der Waals surface area contributed by atoms with E-state index in [0.717, 1.165) is 17.3 Å². The summed E-state index contributed by atoms with van der Waals surface area (Å²) in [5.74, 6) is 2.30. The van der Waals surface area contributed by atoms with Gasteiger partial charge >= 0.3 is 0 Å². The number of aryl methyl sites for hydroxylation is 2. The van der Waals surface area contributed by atoms with Crippen LogP contribution in [0.15, 0.2) is 84.9 Å². The summed E-state index contributed by atoms with van der Waals surface area (Å²) in [6.45, 7) is 6.77. The summed E-state index contributed by atoms with van der Waals surface area (Å²) in [6, 6.07) is 30.7. The van der Waals surface area contributed by atoms with E-state index in [2.05, 4.69) is 134 Å². The van der Waals surface area contributed by atoms with Crippen molar-refractivity contribution >= 4 is 39.1 Å². The molecule has 0 spiro atoms. The highest BCUT2D eigenvalue weighted by Crippen LogP contribution is 2.40. The highest BCUT2D eigenvalue weighted by Gasteiger charge is 2.22. The Morgan fingerprint density at radius 2 is 1.06 bits per heavy atom. The minimum absolute atomic E-state index is 0.128. The molecule has 0 radical (unpaired) electrons. The summed E-state index contributed by atoms with van der Waals surface area (Å²) < 4.78 is 4.56. The summed E-state index contributed by atoms with van der Waals surface area (Å²) in [4.78, 5) is 2.37. The summed E-state index contributed by atoms with van der Waals surface area (Å²) in [7, 11) is 4.30. The lowest BCUT2D eigenvalue weighted by molar-refractivity contribution is 0.590. The maximum absolute atomic E-state index is 2.37. The van der Waals surface area contributed by atoms with Gasteiger partial charge in [-0.2, -0.15) is 0 Å². The summed E-state index contributed by atoms with van der Waals surface area (Å²) >= 11 is 0. The van der Waals surface area contributed by atoms with E-state index in [4.69, 9.17) is 0 Å². The van der Waals surface area contributed by atoms with Crippen molar-refractivity contribution in [2.24, 2.45) is 14.1 Å². The van der Waals surface area contributed by atoms with Gasteiger partial charge < -0.3 is 9.13 Å². The lowest BCUT2D eigenvalue weighted by Gasteiger charge is -2.27. The molecule has 156 valence electrons. The van der Waals surface area contributed by atoms with Gasteiger partial charge in [0.2, 0.25) is 0 Å². The molecule has 0 saturated heterocycles. The number of anilines is 3. The molecule has 31 heavy (non-hydrogen) atoms. The van der Waals surface area contributed by atoms with Gasteiger partial charge in [-0.1, -0.05) is 69.3 Å². The minimum atomic E-state index is 0.128. The van der Waals surface area contributed by atoms with Crippen LogP contribution in [0, 0.1) is 0 Å². The van der Waals surface area contributed by atoms with E-state index in [1.54, 1.807) is 0 Å². The van der Waals surface area contributed by atoms with E-state index in [0.29, 0.717) is 0 Å². The van der Waals surface area contributed by atoms with Crippen molar-refractivity contribution in [2.75, 3.05) is 4.90 Å². The van der Waals surface area contributed by atoms with Crippen molar-refractivity contribution in [3.63, 3.8) is 0 Å². The van der Waals surface area contributed by atoms with Crippen LogP contribution in [0.1, 0.15) is 26.3 Å². The number of para-hydroxylation sites is 2. The number of nitrogens with zero attached hydrogens (tertiary/aromatic N) is 3. The van der Waals surface area contributed by atoms with Gasteiger partial charge in [-0.25, -0.2) is 0 Å². The molecule has 2 heterocycles. The van der Waals surface area contributed by atoms with Crippen LogP contribution in [0.25, 0.3) is 21.8 Å². The van der Waals surface area contributed by atoms with Crippen molar-refractivity contribution in [2.45, 2.75) is 26.2 Å². The molecular formula is C28H29N3. The number of aromatic nitrogens is 2. The topological polar surface area (TPSA) is 13.1 Å². The number of fused-ring (bicyclic) bond motifs is 2.